The van der Waals surface area contributed by atoms with Crippen LogP contribution in [0.15, 0.2) is 57.7 Å². The first-order chi connectivity index (χ1) is 14.5. The normalized spacial score (nSPS) is 11.7. The Labute approximate surface area is 171 Å². The van der Waals surface area contributed by atoms with Crippen LogP contribution in [0.3, 0.4) is 0 Å². The lowest BCUT2D eigenvalue weighted by Gasteiger charge is -2.20. The number of rotatable bonds is 7. The molecule has 1 heterocycles. The van der Waals surface area contributed by atoms with Gasteiger partial charge < -0.3 is 23.7 Å². The van der Waals surface area contributed by atoms with Crippen LogP contribution >= 0.6 is 0 Å². The van der Waals surface area contributed by atoms with Crippen LogP contribution < -0.4 is 10.4 Å². The van der Waals surface area contributed by atoms with Crippen LogP contribution in [-0.4, -0.2) is 37.9 Å². The lowest BCUT2D eigenvalue weighted by Crippen LogP contribution is -2.19. The number of ether oxygens (including phenoxy) is 3. The molecule has 1 atom stereocenters. The van der Waals surface area contributed by atoms with Crippen molar-refractivity contribution in [3.05, 3.63) is 70.1 Å². The summed E-state index contributed by atoms with van der Waals surface area (Å²) < 4.78 is 20.3. The van der Waals surface area contributed by atoms with Crippen LogP contribution in [0, 0.1) is 0 Å². The van der Waals surface area contributed by atoms with Crippen molar-refractivity contribution in [3.8, 4) is 11.5 Å². The molecule has 1 N–H and O–H groups in total. The fourth-order valence-corrected chi connectivity index (χ4v) is 3.17. The molecule has 156 valence electrons. The third-order valence-corrected chi connectivity index (χ3v) is 4.63. The average molecular weight is 412 g/mol. The van der Waals surface area contributed by atoms with Crippen molar-refractivity contribution in [1.82, 2.24) is 0 Å². The molecule has 30 heavy (non-hydrogen) atoms. The van der Waals surface area contributed by atoms with Gasteiger partial charge in [-0.3, -0.25) is 4.79 Å². The van der Waals surface area contributed by atoms with E-state index in [9.17, 15) is 19.5 Å². The fraction of sp³-hybridized carbons (Fsp3) is 0.227. The van der Waals surface area contributed by atoms with Crippen LogP contribution in [0.5, 0.6) is 11.5 Å². The molecule has 0 fully saturated rings. The molecule has 1 unspecified atom stereocenters. The molecule has 8 heteroatoms. The summed E-state index contributed by atoms with van der Waals surface area (Å²) in [7, 11) is 2.46. The number of methoxy groups -OCH3 is 2. The van der Waals surface area contributed by atoms with Crippen molar-refractivity contribution in [3.63, 3.8) is 0 Å². The molecular weight excluding hydrogens is 392 g/mol. The molecule has 1 aromatic heterocycles. The van der Waals surface area contributed by atoms with E-state index in [2.05, 4.69) is 4.74 Å². The van der Waals surface area contributed by atoms with Gasteiger partial charge in [0, 0.05) is 11.5 Å². The van der Waals surface area contributed by atoms with E-state index in [1.54, 1.807) is 48.5 Å². The Morgan fingerprint density at radius 3 is 2.40 bits per heavy atom. The summed E-state index contributed by atoms with van der Waals surface area (Å²) in [5.74, 6) is -2.17. The summed E-state index contributed by atoms with van der Waals surface area (Å²) in [4.78, 5) is 36.4. The summed E-state index contributed by atoms with van der Waals surface area (Å²) >= 11 is 0. The predicted octanol–water partition coefficient (Wildman–Crippen LogP) is 2.75. The Hall–Kier alpha value is -3.81. The van der Waals surface area contributed by atoms with Gasteiger partial charge in [-0.15, -0.1) is 0 Å². The van der Waals surface area contributed by atoms with Gasteiger partial charge in [-0.1, -0.05) is 30.3 Å². The van der Waals surface area contributed by atoms with Crippen LogP contribution in [0.1, 0.15) is 23.5 Å². The molecule has 0 spiro atoms. The number of esters is 2. The molecule has 0 radical (unpaired) electrons. The van der Waals surface area contributed by atoms with Crippen molar-refractivity contribution >= 4 is 22.9 Å². The van der Waals surface area contributed by atoms with Crippen molar-refractivity contribution in [2.75, 3.05) is 20.8 Å². The number of fused-ring (bicyclic) bond motifs is 1. The lowest BCUT2D eigenvalue weighted by atomic mass is 9.87. The van der Waals surface area contributed by atoms with E-state index in [1.807, 2.05) is 0 Å². The third-order valence-electron chi connectivity index (χ3n) is 4.63. The number of carbonyl (C=O) groups is 2. The highest BCUT2D eigenvalue weighted by atomic mass is 16.6. The first-order valence-corrected chi connectivity index (χ1v) is 9.06. The van der Waals surface area contributed by atoms with E-state index >= 15 is 0 Å². The lowest BCUT2D eigenvalue weighted by molar-refractivity contribution is -0.143. The van der Waals surface area contributed by atoms with E-state index < -0.39 is 23.5 Å². The Morgan fingerprint density at radius 2 is 1.67 bits per heavy atom. The quantitative estimate of drug-likeness (QED) is 0.466. The monoisotopic (exact) mass is 412 g/mol. The van der Waals surface area contributed by atoms with Crippen LogP contribution in [0.2, 0.25) is 0 Å². The van der Waals surface area contributed by atoms with E-state index in [1.165, 1.54) is 14.2 Å². The predicted molar refractivity (Wildman–Crippen MR) is 107 cm³/mol. The zero-order valence-corrected chi connectivity index (χ0v) is 16.4. The Bertz CT molecular complexity index is 1130. The first-order valence-electron chi connectivity index (χ1n) is 9.06. The first kappa shape index (κ1) is 20.9. The molecule has 0 amide bonds. The minimum Gasteiger partial charge on any atom is -0.507 e. The number of aromatic hydroxyl groups is 1. The van der Waals surface area contributed by atoms with Crippen molar-refractivity contribution in [2.45, 2.75) is 12.3 Å². The van der Waals surface area contributed by atoms with Crippen LogP contribution in [0.25, 0.3) is 11.0 Å². The Balaban J connectivity index is 2.17. The summed E-state index contributed by atoms with van der Waals surface area (Å²) in [6, 6.07) is 13.1. The minimum absolute atomic E-state index is 0.104. The SMILES string of the molecule is COC(=O)COc1ccccc1C(CC(=O)OC)c1c(O)c2ccccc2oc1=O. The second-order valence-electron chi connectivity index (χ2n) is 6.38. The maximum atomic E-state index is 12.8. The number of benzene rings is 2. The molecule has 0 aliphatic rings. The second-order valence-corrected chi connectivity index (χ2v) is 6.38. The smallest absolute Gasteiger partial charge is 0.343 e. The van der Waals surface area contributed by atoms with Gasteiger partial charge in [0.15, 0.2) is 6.61 Å². The van der Waals surface area contributed by atoms with Crippen LogP contribution in [-0.2, 0) is 19.1 Å². The molecule has 8 nitrogen and oxygen atoms in total. The second kappa shape index (κ2) is 9.13. The van der Waals surface area contributed by atoms with E-state index in [4.69, 9.17) is 13.9 Å². The van der Waals surface area contributed by atoms with Gasteiger partial charge in [-0.2, -0.15) is 0 Å². The largest absolute Gasteiger partial charge is 0.507 e. The maximum absolute atomic E-state index is 12.8. The molecular formula is C22H20O8. The van der Waals surface area contributed by atoms with Crippen molar-refractivity contribution in [1.29, 1.82) is 0 Å². The standard InChI is InChI=1S/C22H20O8/c1-27-18(23)11-15(13-7-3-5-9-16(13)29-12-19(24)28-2)20-21(25)14-8-4-6-10-17(14)30-22(20)26/h3-10,15,25H,11-12H2,1-2H3. The molecule has 0 aliphatic carbocycles. The highest BCUT2D eigenvalue weighted by molar-refractivity contribution is 5.85. The molecule has 3 aromatic rings. The van der Waals surface area contributed by atoms with Gasteiger partial charge in [-0.25, -0.2) is 9.59 Å². The van der Waals surface area contributed by atoms with Gasteiger partial charge in [0.2, 0.25) is 0 Å². The van der Waals surface area contributed by atoms with E-state index in [0.717, 1.165) is 0 Å². The zero-order chi connectivity index (χ0) is 21.7. The Morgan fingerprint density at radius 1 is 1.00 bits per heavy atom. The molecule has 0 saturated carbocycles. The molecule has 0 bridgehead atoms. The Kier molecular flexibility index (Phi) is 6.36. The molecule has 0 aliphatic heterocycles. The number of para-hydroxylation sites is 2. The summed E-state index contributed by atoms with van der Waals surface area (Å²) in [6.45, 7) is -0.364. The van der Waals surface area contributed by atoms with Gasteiger partial charge in [0.05, 0.1) is 31.6 Å². The van der Waals surface area contributed by atoms with Gasteiger partial charge in [-0.05, 0) is 18.2 Å². The number of hydrogen-bond donors (Lipinski definition) is 1. The highest BCUT2D eigenvalue weighted by Crippen LogP contribution is 2.39. The van der Waals surface area contributed by atoms with Crippen molar-refractivity contribution < 1.29 is 33.3 Å². The van der Waals surface area contributed by atoms with Gasteiger partial charge in [0.1, 0.15) is 17.1 Å². The van der Waals surface area contributed by atoms with Crippen LogP contribution in [0.4, 0.5) is 0 Å². The molecule has 2 aromatic carbocycles. The average Bonchev–Trinajstić information content (AvgIpc) is 2.76. The number of hydrogen-bond acceptors (Lipinski definition) is 8. The van der Waals surface area contributed by atoms with E-state index in [-0.39, 0.29) is 35.7 Å². The maximum Gasteiger partial charge on any atom is 0.343 e. The summed E-state index contributed by atoms with van der Waals surface area (Å²) in [5.41, 5.74) is -0.267. The third kappa shape index (κ3) is 4.27. The minimum atomic E-state index is -0.938. The molecule has 0 saturated heterocycles. The zero-order valence-electron chi connectivity index (χ0n) is 16.4. The van der Waals surface area contributed by atoms with E-state index in [0.29, 0.717) is 10.9 Å². The fourth-order valence-electron chi connectivity index (χ4n) is 3.17. The van der Waals surface area contributed by atoms with Gasteiger partial charge >= 0.3 is 17.6 Å². The number of carbonyl (C=O) groups excluding carboxylic acids is 2. The topological polar surface area (TPSA) is 112 Å². The summed E-state index contributed by atoms with van der Waals surface area (Å²) in [5, 5.41) is 11.2. The molecule has 3 rings (SSSR count). The summed E-state index contributed by atoms with van der Waals surface area (Å²) in [6.07, 6.45) is -0.258. The highest BCUT2D eigenvalue weighted by Gasteiger charge is 2.29. The van der Waals surface area contributed by atoms with Gasteiger partial charge in [0.25, 0.3) is 0 Å². The van der Waals surface area contributed by atoms with Crippen molar-refractivity contribution in [2.24, 2.45) is 0 Å².